The topological polar surface area (TPSA) is 88.2 Å². The molecular weight excluding hydrogens is 330 g/mol. The second-order valence-corrected chi connectivity index (χ2v) is 5.53. The molecule has 0 unspecified atom stereocenters. The van der Waals surface area contributed by atoms with Crippen molar-refractivity contribution in [3.05, 3.63) is 60.9 Å². The van der Waals surface area contributed by atoms with Crippen LogP contribution in [0.1, 0.15) is 6.92 Å². The average molecular weight is 349 g/mol. The maximum absolute atomic E-state index is 11.2. The lowest BCUT2D eigenvalue weighted by Crippen LogP contribution is -2.06. The number of hydrogen-bond donors (Lipinski definition) is 3. The quantitative estimate of drug-likeness (QED) is 0.625. The number of amides is 1. The Morgan fingerprint density at radius 1 is 0.885 bits per heavy atom. The van der Waals surface area contributed by atoms with E-state index in [1.807, 2.05) is 48.5 Å². The third-order valence-electron chi connectivity index (χ3n) is 3.46. The lowest BCUT2D eigenvalue weighted by molar-refractivity contribution is -0.114. The number of methoxy groups -OCH3 is 1. The highest BCUT2D eigenvalue weighted by molar-refractivity contribution is 5.89. The highest BCUT2D eigenvalue weighted by Gasteiger charge is 2.03. The maximum atomic E-state index is 11.2. The molecule has 0 atom stereocenters. The predicted octanol–water partition coefficient (Wildman–Crippen LogP) is 3.93. The Morgan fingerprint density at radius 2 is 1.50 bits per heavy atom. The lowest BCUT2D eigenvalue weighted by Gasteiger charge is -2.10. The van der Waals surface area contributed by atoms with E-state index < -0.39 is 0 Å². The molecule has 2 aromatic carbocycles. The van der Waals surface area contributed by atoms with Crippen LogP contribution in [-0.4, -0.2) is 23.0 Å². The molecule has 1 amide bonds. The van der Waals surface area contributed by atoms with Gasteiger partial charge < -0.3 is 20.7 Å². The van der Waals surface area contributed by atoms with E-state index in [4.69, 9.17) is 4.74 Å². The number of carbonyl (C=O) groups excluding carboxylic acids is 1. The molecule has 0 saturated carbocycles. The van der Waals surface area contributed by atoms with Gasteiger partial charge in [-0.15, -0.1) is 0 Å². The average Bonchev–Trinajstić information content (AvgIpc) is 2.62. The van der Waals surface area contributed by atoms with Gasteiger partial charge in [-0.1, -0.05) is 12.1 Å². The van der Waals surface area contributed by atoms with E-state index in [2.05, 4.69) is 25.9 Å². The first-order valence-electron chi connectivity index (χ1n) is 8.00. The number of aromatic nitrogens is 2. The fraction of sp³-hybridized carbons (Fsp3) is 0.105. The Labute approximate surface area is 151 Å². The van der Waals surface area contributed by atoms with Crippen LogP contribution in [0.4, 0.5) is 28.7 Å². The molecule has 3 N–H and O–H groups in total. The van der Waals surface area contributed by atoms with Gasteiger partial charge >= 0.3 is 0 Å². The summed E-state index contributed by atoms with van der Waals surface area (Å²) in [6.07, 6.45) is 1.47. The molecule has 7 nitrogen and oxygen atoms in total. The molecule has 0 radical (unpaired) electrons. The Kier molecular flexibility index (Phi) is 5.28. The van der Waals surface area contributed by atoms with Crippen molar-refractivity contribution in [1.82, 2.24) is 9.97 Å². The molecule has 132 valence electrons. The number of nitrogens with one attached hydrogen (secondary N) is 3. The molecule has 7 heteroatoms. The van der Waals surface area contributed by atoms with Crippen molar-refractivity contribution in [2.75, 3.05) is 23.1 Å². The van der Waals surface area contributed by atoms with E-state index in [-0.39, 0.29) is 5.91 Å². The molecular formula is C19H19N5O2. The van der Waals surface area contributed by atoms with Gasteiger partial charge in [0.1, 0.15) is 23.7 Å². The van der Waals surface area contributed by atoms with Crippen LogP contribution in [0.2, 0.25) is 0 Å². The van der Waals surface area contributed by atoms with Crippen LogP contribution in [0.15, 0.2) is 60.9 Å². The zero-order valence-electron chi connectivity index (χ0n) is 14.5. The molecule has 1 heterocycles. The second kappa shape index (κ2) is 7.98. The molecule has 0 aliphatic carbocycles. The third kappa shape index (κ3) is 4.70. The number of benzene rings is 2. The molecule has 0 spiro atoms. The number of carbonyl (C=O) groups is 1. The first kappa shape index (κ1) is 17.2. The number of ether oxygens (including phenoxy) is 1. The standard InChI is InChI=1S/C19H19N5O2/c1-13(25)22-14-5-3-6-15(9-14)23-18-11-19(21-12-20-18)24-16-7-4-8-17(10-16)26-2/h3-12H,1-2H3,(H,22,25)(H2,20,21,23,24). The van der Waals surface area contributed by atoms with Gasteiger partial charge in [0.15, 0.2) is 0 Å². The molecule has 3 rings (SSSR count). The summed E-state index contributed by atoms with van der Waals surface area (Å²) in [5, 5.41) is 9.16. The van der Waals surface area contributed by atoms with Crippen LogP contribution in [-0.2, 0) is 4.79 Å². The fourth-order valence-corrected chi connectivity index (χ4v) is 2.37. The van der Waals surface area contributed by atoms with Crippen LogP contribution >= 0.6 is 0 Å². The largest absolute Gasteiger partial charge is 0.497 e. The van der Waals surface area contributed by atoms with Crippen molar-refractivity contribution < 1.29 is 9.53 Å². The van der Waals surface area contributed by atoms with Crippen LogP contribution in [0.3, 0.4) is 0 Å². The minimum absolute atomic E-state index is 0.117. The van der Waals surface area contributed by atoms with Crippen LogP contribution in [0, 0.1) is 0 Å². The first-order valence-corrected chi connectivity index (χ1v) is 8.00. The summed E-state index contributed by atoms with van der Waals surface area (Å²) in [4.78, 5) is 19.6. The van der Waals surface area contributed by atoms with Crippen molar-refractivity contribution in [3.8, 4) is 5.75 Å². The number of nitrogens with zero attached hydrogens (tertiary/aromatic N) is 2. The van der Waals surface area contributed by atoms with Gasteiger partial charge in [0, 0.05) is 36.1 Å². The molecule has 26 heavy (non-hydrogen) atoms. The summed E-state index contributed by atoms with van der Waals surface area (Å²) in [5.41, 5.74) is 2.38. The SMILES string of the molecule is COc1cccc(Nc2cc(Nc3cccc(NC(C)=O)c3)ncn2)c1. The van der Waals surface area contributed by atoms with Crippen molar-refractivity contribution in [2.45, 2.75) is 6.92 Å². The van der Waals surface area contributed by atoms with Gasteiger partial charge in [0.2, 0.25) is 5.91 Å². The summed E-state index contributed by atoms with van der Waals surface area (Å²) in [7, 11) is 1.63. The Bertz CT molecular complexity index is 914. The number of hydrogen-bond acceptors (Lipinski definition) is 6. The van der Waals surface area contributed by atoms with Gasteiger partial charge in [-0.25, -0.2) is 9.97 Å². The molecule has 0 bridgehead atoms. The molecule has 0 aliphatic heterocycles. The molecule has 0 aliphatic rings. The van der Waals surface area contributed by atoms with E-state index in [0.717, 1.165) is 17.1 Å². The highest BCUT2D eigenvalue weighted by Crippen LogP contribution is 2.23. The minimum atomic E-state index is -0.117. The summed E-state index contributed by atoms with van der Waals surface area (Å²) >= 11 is 0. The van der Waals surface area contributed by atoms with Crippen molar-refractivity contribution in [3.63, 3.8) is 0 Å². The van der Waals surface area contributed by atoms with Gasteiger partial charge in [-0.2, -0.15) is 0 Å². The summed E-state index contributed by atoms with van der Waals surface area (Å²) < 4.78 is 5.22. The minimum Gasteiger partial charge on any atom is -0.497 e. The van der Waals surface area contributed by atoms with Gasteiger partial charge in [0.25, 0.3) is 0 Å². The summed E-state index contributed by atoms with van der Waals surface area (Å²) in [6.45, 7) is 1.47. The number of rotatable bonds is 6. The van der Waals surface area contributed by atoms with Crippen molar-refractivity contribution in [1.29, 1.82) is 0 Å². The summed E-state index contributed by atoms with van der Waals surface area (Å²) in [5.74, 6) is 1.92. The predicted molar refractivity (Wildman–Crippen MR) is 102 cm³/mol. The lowest BCUT2D eigenvalue weighted by atomic mass is 10.2. The smallest absolute Gasteiger partial charge is 0.221 e. The molecule has 3 aromatic rings. The van der Waals surface area contributed by atoms with Crippen LogP contribution in [0.25, 0.3) is 0 Å². The van der Waals surface area contributed by atoms with Crippen molar-refractivity contribution >= 4 is 34.6 Å². The molecule has 0 fully saturated rings. The van der Waals surface area contributed by atoms with E-state index in [9.17, 15) is 4.79 Å². The van der Waals surface area contributed by atoms with E-state index >= 15 is 0 Å². The highest BCUT2D eigenvalue weighted by atomic mass is 16.5. The Morgan fingerprint density at radius 3 is 2.15 bits per heavy atom. The summed E-state index contributed by atoms with van der Waals surface area (Å²) in [6, 6.07) is 16.8. The van der Waals surface area contributed by atoms with Crippen LogP contribution in [0.5, 0.6) is 5.75 Å². The maximum Gasteiger partial charge on any atom is 0.221 e. The first-order chi connectivity index (χ1) is 12.6. The Balaban J connectivity index is 1.74. The third-order valence-corrected chi connectivity index (χ3v) is 3.46. The normalized spacial score (nSPS) is 10.1. The van der Waals surface area contributed by atoms with E-state index in [0.29, 0.717) is 17.3 Å². The zero-order valence-corrected chi connectivity index (χ0v) is 14.5. The zero-order chi connectivity index (χ0) is 18.4. The van der Waals surface area contributed by atoms with Gasteiger partial charge in [-0.05, 0) is 30.3 Å². The van der Waals surface area contributed by atoms with Gasteiger partial charge in [-0.3, -0.25) is 4.79 Å². The monoisotopic (exact) mass is 349 g/mol. The fourth-order valence-electron chi connectivity index (χ4n) is 2.37. The Hall–Kier alpha value is -3.61. The second-order valence-electron chi connectivity index (χ2n) is 5.53. The van der Waals surface area contributed by atoms with E-state index in [1.165, 1.54) is 13.3 Å². The molecule has 1 aromatic heterocycles. The van der Waals surface area contributed by atoms with Gasteiger partial charge in [0.05, 0.1) is 7.11 Å². The number of anilines is 5. The van der Waals surface area contributed by atoms with E-state index in [1.54, 1.807) is 13.2 Å². The molecule has 0 saturated heterocycles. The van der Waals surface area contributed by atoms with Crippen LogP contribution < -0.4 is 20.7 Å². The van der Waals surface area contributed by atoms with Crippen molar-refractivity contribution in [2.24, 2.45) is 0 Å².